The molecule has 0 saturated heterocycles. The Morgan fingerprint density at radius 1 is 1.07 bits per heavy atom. The molecule has 2 aromatic carbocycles. The fraction of sp³-hybridized carbons (Fsp3) is 0.300. The zero-order chi connectivity index (χ0) is 30.7. The van der Waals surface area contributed by atoms with Gasteiger partial charge in [0.1, 0.15) is 17.9 Å². The summed E-state index contributed by atoms with van der Waals surface area (Å²) in [5, 5.41) is 0.712. The minimum atomic E-state index is -4.60. The van der Waals surface area contributed by atoms with Crippen LogP contribution in [-0.4, -0.2) is 36.9 Å². The minimum absolute atomic E-state index is 0.0887. The number of rotatable bonds is 9. The van der Waals surface area contributed by atoms with Crippen molar-refractivity contribution in [1.29, 1.82) is 0 Å². The molecule has 222 valence electrons. The van der Waals surface area contributed by atoms with Crippen LogP contribution in [0.25, 0.3) is 22.1 Å². The molecule has 0 atom stereocenters. The quantitative estimate of drug-likeness (QED) is 0.154. The number of furan rings is 1. The molecule has 12 heteroatoms. The zero-order valence-electron chi connectivity index (χ0n) is 23.4. The molecule has 2 heterocycles. The summed E-state index contributed by atoms with van der Waals surface area (Å²) < 4.78 is 84.3. The maximum Gasteiger partial charge on any atom is 0.416 e. The van der Waals surface area contributed by atoms with Gasteiger partial charge >= 0.3 is 12.1 Å². The molecule has 4 aromatic rings. The van der Waals surface area contributed by atoms with Crippen molar-refractivity contribution in [2.45, 2.75) is 51.6 Å². The summed E-state index contributed by atoms with van der Waals surface area (Å²) in [6.45, 7) is 6.29. The van der Waals surface area contributed by atoms with Crippen LogP contribution in [0.2, 0.25) is 0 Å². The van der Waals surface area contributed by atoms with Crippen LogP contribution >= 0.6 is 0 Å². The molecular formula is C30H29F3N2O6S. The maximum atomic E-state index is 13.4. The predicted molar refractivity (Wildman–Crippen MR) is 152 cm³/mol. The highest BCUT2D eigenvalue weighted by Crippen LogP contribution is 2.35. The van der Waals surface area contributed by atoms with Gasteiger partial charge in [0.2, 0.25) is 0 Å². The number of ether oxygens (including phenoxy) is 2. The van der Waals surface area contributed by atoms with Gasteiger partial charge in [0.15, 0.2) is 0 Å². The molecule has 42 heavy (non-hydrogen) atoms. The number of sulfonamides is 1. The summed E-state index contributed by atoms with van der Waals surface area (Å²) in [5.74, 6) is -0.675. The summed E-state index contributed by atoms with van der Waals surface area (Å²) in [5.41, 5.74) is 2.07. The number of hydrogen-bond donors (Lipinski definition) is 0. The Morgan fingerprint density at radius 3 is 2.52 bits per heavy atom. The number of hydrogen-bond acceptors (Lipinski definition) is 7. The van der Waals surface area contributed by atoms with E-state index >= 15 is 0 Å². The standard InChI is InChI=1S/C30H29F3N2O6S/c1-5-39-27(36)15-21-6-7-23(30(31,32)33)16-26(21)41-18-19-12-22-9-11-40-28(22)25(13-19)20-8-10-34-24(14-20)17-35-42(37,38)29(2,3)4/h6-14,16-17H,5,15,18H2,1-4H3. The van der Waals surface area contributed by atoms with Crippen molar-refractivity contribution in [2.75, 3.05) is 6.61 Å². The van der Waals surface area contributed by atoms with E-state index in [-0.39, 0.29) is 30.9 Å². The first-order valence-corrected chi connectivity index (χ1v) is 14.4. The van der Waals surface area contributed by atoms with E-state index in [2.05, 4.69) is 9.38 Å². The number of carbonyl (C=O) groups is 1. The Bertz CT molecular complexity index is 1740. The number of aromatic nitrogens is 1. The van der Waals surface area contributed by atoms with Crippen molar-refractivity contribution >= 4 is 33.2 Å². The van der Waals surface area contributed by atoms with Gasteiger partial charge in [0.25, 0.3) is 10.0 Å². The molecule has 0 amide bonds. The van der Waals surface area contributed by atoms with Gasteiger partial charge in [-0.2, -0.15) is 17.6 Å². The Morgan fingerprint density at radius 2 is 1.83 bits per heavy atom. The first kappa shape index (κ1) is 30.8. The molecule has 8 nitrogen and oxygen atoms in total. The molecule has 4 rings (SSSR count). The van der Waals surface area contributed by atoms with Crippen LogP contribution in [-0.2, 0) is 38.8 Å². The number of benzene rings is 2. The van der Waals surface area contributed by atoms with Gasteiger partial charge in [-0.1, -0.05) is 6.07 Å². The molecule has 0 saturated carbocycles. The van der Waals surface area contributed by atoms with Crippen LogP contribution in [0.4, 0.5) is 13.2 Å². The summed E-state index contributed by atoms with van der Waals surface area (Å²) in [6, 6.07) is 11.6. The third kappa shape index (κ3) is 7.17. The molecule has 0 unspecified atom stereocenters. The number of halogens is 3. The van der Waals surface area contributed by atoms with Crippen LogP contribution in [0, 0.1) is 0 Å². The van der Waals surface area contributed by atoms with Gasteiger partial charge in [-0.3, -0.25) is 9.78 Å². The molecular weight excluding hydrogens is 573 g/mol. The average molecular weight is 603 g/mol. The van der Waals surface area contributed by atoms with Crippen molar-refractivity contribution in [1.82, 2.24) is 4.98 Å². The van der Waals surface area contributed by atoms with Crippen molar-refractivity contribution in [3.8, 4) is 16.9 Å². The largest absolute Gasteiger partial charge is 0.489 e. The van der Waals surface area contributed by atoms with Crippen LogP contribution in [0.15, 0.2) is 69.8 Å². The van der Waals surface area contributed by atoms with E-state index in [9.17, 15) is 26.4 Å². The van der Waals surface area contributed by atoms with E-state index in [1.165, 1.54) is 24.7 Å². The molecule has 0 spiro atoms. The van der Waals surface area contributed by atoms with Gasteiger partial charge in [0.05, 0.1) is 41.5 Å². The fourth-order valence-corrected chi connectivity index (χ4v) is 4.51. The third-order valence-corrected chi connectivity index (χ3v) is 8.16. The lowest BCUT2D eigenvalue weighted by molar-refractivity contribution is -0.142. The predicted octanol–water partition coefficient (Wildman–Crippen LogP) is 6.75. The first-order chi connectivity index (χ1) is 19.7. The average Bonchev–Trinajstić information content (AvgIpc) is 3.39. The number of fused-ring (bicyclic) bond motifs is 1. The molecule has 0 aliphatic carbocycles. The lowest BCUT2D eigenvalue weighted by Crippen LogP contribution is -2.25. The summed E-state index contributed by atoms with van der Waals surface area (Å²) >= 11 is 0. The van der Waals surface area contributed by atoms with Crippen LogP contribution < -0.4 is 4.74 Å². The maximum absolute atomic E-state index is 13.4. The highest BCUT2D eigenvalue weighted by Gasteiger charge is 2.31. The third-order valence-electron chi connectivity index (χ3n) is 6.23. The number of pyridine rings is 1. The van der Waals surface area contributed by atoms with Crippen LogP contribution in [0.5, 0.6) is 5.75 Å². The summed E-state index contributed by atoms with van der Waals surface area (Å²) in [6.07, 6.45) is -0.669. The molecule has 0 fully saturated rings. The highest BCUT2D eigenvalue weighted by molar-refractivity contribution is 7.91. The van der Waals surface area contributed by atoms with E-state index in [1.807, 2.05) is 0 Å². The number of nitrogens with zero attached hydrogens (tertiary/aromatic N) is 2. The second kappa shape index (κ2) is 12.0. The van der Waals surface area contributed by atoms with Crippen molar-refractivity contribution in [2.24, 2.45) is 4.40 Å². The number of esters is 1. The molecule has 0 radical (unpaired) electrons. The molecule has 0 aliphatic heterocycles. The molecule has 2 aromatic heterocycles. The van der Waals surface area contributed by atoms with Crippen LogP contribution in [0.3, 0.4) is 0 Å². The topological polar surface area (TPSA) is 108 Å². The lowest BCUT2D eigenvalue weighted by Gasteiger charge is -2.15. The van der Waals surface area contributed by atoms with E-state index in [0.717, 1.165) is 12.1 Å². The second-order valence-corrected chi connectivity index (χ2v) is 12.8. The van der Waals surface area contributed by atoms with E-state index in [0.29, 0.717) is 33.4 Å². The fourth-order valence-electron chi connectivity index (χ4n) is 3.95. The Kier molecular flexibility index (Phi) is 8.76. The van der Waals surface area contributed by atoms with Gasteiger partial charge in [-0.15, -0.1) is 0 Å². The minimum Gasteiger partial charge on any atom is -0.489 e. The number of alkyl halides is 3. The van der Waals surface area contributed by atoms with Gasteiger partial charge in [0, 0.05) is 22.7 Å². The highest BCUT2D eigenvalue weighted by atomic mass is 32.2. The molecule has 0 aliphatic rings. The first-order valence-electron chi connectivity index (χ1n) is 12.9. The Labute approximate surface area is 241 Å². The number of carbonyl (C=O) groups excluding carboxylic acids is 1. The zero-order valence-corrected chi connectivity index (χ0v) is 24.2. The van der Waals surface area contributed by atoms with Crippen molar-refractivity contribution < 1.29 is 40.3 Å². The normalized spacial score (nSPS) is 12.6. The van der Waals surface area contributed by atoms with E-state index in [1.54, 1.807) is 58.0 Å². The Balaban J connectivity index is 1.67. The molecule has 0 N–H and O–H groups in total. The van der Waals surface area contributed by atoms with Gasteiger partial charge in [-0.05, 0) is 81.3 Å². The van der Waals surface area contributed by atoms with Crippen molar-refractivity contribution in [3.63, 3.8) is 0 Å². The van der Waals surface area contributed by atoms with Gasteiger partial charge in [-0.25, -0.2) is 8.42 Å². The van der Waals surface area contributed by atoms with E-state index < -0.39 is 32.5 Å². The molecule has 0 bridgehead atoms. The summed E-state index contributed by atoms with van der Waals surface area (Å²) in [4.78, 5) is 16.3. The smallest absolute Gasteiger partial charge is 0.416 e. The Hall–Kier alpha value is -4.19. The SMILES string of the molecule is CCOC(=O)Cc1ccc(C(F)(F)F)cc1OCc1cc(-c2ccnc(C=NS(=O)(=O)C(C)(C)C)c2)c2occc2c1. The summed E-state index contributed by atoms with van der Waals surface area (Å²) in [7, 11) is -3.77. The monoisotopic (exact) mass is 602 g/mol. The van der Waals surface area contributed by atoms with Gasteiger partial charge < -0.3 is 13.9 Å². The van der Waals surface area contributed by atoms with Crippen LogP contribution in [0.1, 0.15) is 50.1 Å². The van der Waals surface area contributed by atoms with Crippen molar-refractivity contribution in [3.05, 3.63) is 83.4 Å². The lowest BCUT2D eigenvalue weighted by atomic mass is 10.0. The van der Waals surface area contributed by atoms with E-state index in [4.69, 9.17) is 13.9 Å². The second-order valence-electron chi connectivity index (χ2n) is 10.4.